The van der Waals surface area contributed by atoms with Gasteiger partial charge in [-0.2, -0.15) is 5.10 Å². The molecule has 162 valence electrons. The van der Waals surface area contributed by atoms with Crippen molar-refractivity contribution in [1.29, 1.82) is 0 Å². The Labute approximate surface area is 179 Å². The van der Waals surface area contributed by atoms with Crippen molar-refractivity contribution in [1.82, 2.24) is 14.7 Å². The maximum atomic E-state index is 14.5. The quantitative estimate of drug-likeness (QED) is 0.605. The third-order valence-corrected chi connectivity index (χ3v) is 5.45. The third kappa shape index (κ3) is 4.25. The van der Waals surface area contributed by atoms with Gasteiger partial charge in [-0.15, -0.1) is 0 Å². The van der Waals surface area contributed by atoms with Gasteiger partial charge in [-0.05, 0) is 47.9 Å². The van der Waals surface area contributed by atoms with E-state index >= 15 is 0 Å². The minimum absolute atomic E-state index is 0.240. The molecule has 0 aliphatic carbocycles. The molecule has 0 unspecified atom stereocenters. The van der Waals surface area contributed by atoms with Gasteiger partial charge in [-0.3, -0.25) is 9.69 Å². The van der Waals surface area contributed by atoms with Crippen LogP contribution in [0, 0.1) is 5.82 Å². The Morgan fingerprint density at radius 3 is 2.39 bits per heavy atom. The van der Waals surface area contributed by atoms with Crippen LogP contribution < -0.4 is 19.8 Å². The Bertz CT molecular complexity index is 1160. The fourth-order valence-electron chi connectivity index (χ4n) is 3.78. The smallest absolute Gasteiger partial charge is 0.268 e. The molecule has 0 amide bonds. The van der Waals surface area contributed by atoms with Crippen LogP contribution in [-0.2, 0) is 19.6 Å². The van der Waals surface area contributed by atoms with Crippen molar-refractivity contribution in [2.75, 3.05) is 27.9 Å². The molecule has 4 rings (SSSR count). The summed E-state index contributed by atoms with van der Waals surface area (Å²) in [5.41, 5.74) is 2.78. The van der Waals surface area contributed by atoms with Crippen LogP contribution in [0.4, 0.5) is 4.39 Å². The number of hydrogen-bond donors (Lipinski definition) is 0. The highest BCUT2D eigenvalue weighted by Gasteiger charge is 2.20. The van der Waals surface area contributed by atoms with Gasteiger partial charge in [0.25, 0.3) is 5.56 Å². The lowest BCUT2D eigenvalue weighted by Gasteiger charge is -2.29. The molecule has 0 N–H and O–H groups in total. The van der Waals surface area contributed by atoms with E-state index in [4.69, 9.17) is 14.2 Å². The minimum atomic E-state index is -0.454. The zero-order valence-electron chi connectivity index (χ0n) is 17.7. The summed E-state index contributed by atoms with van der Waals surface area (Å²) in [5, 5.41) is 4.41. The van der Waals surface area contributed by atoms with Gasteiger partial charge in [-0.25, -0.2) is 9.07 Å². The van der Waals surface area contributed by atoms with Gasteiger partial charge >= 0.3 is 0 Å². The summed E-state index contributed by atoms with van der Waals surface area (Å²) in [7, 11) is 4.71. The Kier molecular flexibility index (Phi) is 5.90. The topological polar surface area (TPSA) is 65.8 Å². The Morgan fingerprint density at radius 2 is 1.71 bits per heavy atom. The number of fused-ring (bicyclic) bond motifs is 1. The highest BCUT2D eigenvalue weighted by molar-refractivity contribution is 5.60. The number of hydrogen-bond acceptors (Lipinski definition) is 6. The molecule has 0 spiro atoms. The van der Waals surface area contributed by atoms with E-state index in [0.717, 1.165) is 18.5 Å². The summed E-state index contributed by atoms with van der Waals surface area (Å²) in [6.07, 6.45) is 0.817. The van der Waals surface area contributed by atoms with Gasteiger partial charge < -0.3 is 14.2 Å². The van der Waals surface area contributed by atoms with Gasteiger partial charge in [0.15, 0.2) is 11.5 Å². The molecule has 0 bridgehead atoms. The number of aromatic nitrogens is 2. The van der Waals surface area contributed by atoms with Crippen molar-refractivity contribution in [3.63, 3.8) is 0 Å². The summed E-state index contributed by atoms with van der Waals surface area (Å²) in [6.45, 7) is 1.71. The van der Waals surface area contributed by atoms with E-state index in [1.54, 1.807) is 26.4 Å². The number of nitrogens with zero attached hydrogens (tertiary/aromatic N) is 3. The minimum Gasteiger partial charge on any atom is -0.497 e. The molecule has 2 aromatic carbocycles. The fourth-order valence-corrected chi connectivity index (χ4v) is 3.78. The lowest BCUT2D eigenvalue weighted by molar-refractivity contribution is 0.185. The van der Waals surface area contributed by atoms with Crippen LogP contribution in [0.25, 0.3) is 11.3 Å². The monoisotopic (exact) mass is 425 g/mol. The largest absolute Gasteiger partial charge is 0.497 e. The first-order valence-electron chi connectivity index (χ1n) is 9.90. The molecule has 1 aliphatic heterocycles. The zero-order valence-corrected chi connectivity index (χ0v) is 17.7. The number of halogens is 1. The second kappa shape index (κ2) is 8.77. The van der Waals surface area contributed by atoms with Gasteiger partial charge in [0.1, 0.15) is 11.6 Å². The number of methoxy groups -OCH3 is 3. The second-order valence-electron chi connectivity index (χ2n) is 7.32. The first kappa shape index (κ1) is 20.9. The molecule has 2 heterocycles. The molecular formula is C23H24FN3O4. The highest BCUT2D eigenvalue weighted by atomic mass is 19.1. The van der Waals surface area contributed by atoms with E-state index < -0.39 is 5.82 Å². The van der Waals surface area contributed by atoms with Gasteiger partial charge in [-0.1, -0.05) is 0 Å². The third-order valence-electron chi connectivity index (χ3n) is 5.45. The van der Waals surface area contributed by atoms with Crippen molar-refractivity contribution in [2.45, 2.75) is 19.6 Å². The van der Waals surface area contributed by atoms with Crippen molar-refractivity contribution in [3.8, 4) is 28.5 Å². The molecule has 1 aromatic heterocycles. The molecule has 0 atom stereocenters. The van der Waals surface area contributed by atoms with Crippen molar-refractivity contribution in [3.05, 3.63) is 69.8 Å². The summed E-state index contributed by atoms with van der Waals surface area (Å²) in [5.74, 6) is 1.36. The molecule has 7 nitrogen and oxygen atoms in total. The summed E-state index contributed by atoms with van der Waals surface area (Å²) >= 11 is 0. The van der Waals surface area contributed by atoms with Gasteiger partial charge in [0, 0.05) is 30.8 Å². The first-order chi connectivity index (χ1) is 15.0. The van der Waals surface area contributed by atoms with Crippen molar-refractivity contribution in [2.24, 2.45) is 0 Å². The Balaban J connectivity index is 1.58. The predicted octanol–water partition coefficient (Wildman–Crippen LogP) is 3.09. The van der Waals surface area contributed by atoms with Crippen LogP contribution >= 0.6 is 0 Å². The Morgan fingerprint density at radius 1 is 0.968 bits per heavy atom. The predicted molar refractivity (Wildman–Crippen MR) is 114 cm³/mol. The van der Waals surface area contributed by atoms with Crippen molar-refractivity contribution >= 4 is 0 Å². The van der Waals surface area contributed by atoms with Gasteiger partial charge in [0.05, 0.1) is 33.7 Å². The first-order valence-corrected chi connectivity index (χ1v) is 9.90. The number of ether oxygens (including phenoxy) is 3. The van der Waals surface area contributed by atoms with E-state index in [1.807, 2.05) is 12.1 Å². The Hall–Kier alpha value is -3.39. The molecule has 0 saturated heterocycles. The van der Waals surface area contributed by atoms with Crippen LogP contribution in [0.3, 0.4) is 0 Å². The molecule has 0 radical (unpaired) electrons. The molecule has 1 aliphatic rings. The lowest BCUT2D eigenvalue weighted by Crippen LogP contribution is -2.37. The summed E-state index contributed by atoms with van der Waals surface area (Å²) < 4.78 is 31.7. The molecule has 3 aromatic rings. The van der Waals surface area contributed by atoms with Crippen LogP contribution in [-0.4, -0.2) is 42.6 Å². The molecule has 0 saturated carbocycles. The van der Waals surface area contributed by atoms with E-state index in [1.165, 1.54) is 35.6 Å². The van der Waals surface area contributed by atoms with E-state index in [2.05, 4.69) is 10.00 Å². The highest BCUT2D eigenvalue weighted by Crippen LogP contribution is 2.33. The van der Waals surface area contributed by atoms with Crippen LogP contribution in [0.2, 0.25) is 0 Å². The fraction of sp³-hybridized carbons (Fsp3) is 0.304. The zero-order chi connectivity index (χ0) is 22.0. The average Bonchev–Trinajstić information content (AvgIpc) is 2.79. The van der Waals surface area contributed by atoms with E-state index in [0.29, 0.717) is 41.7 Å². The molecule has 0 fully saturated rings. The standard InChI is InChI=1S/C23H24FN3O4/c1-29-17-4-5-18(19(24)12-17)20-6-7-23(28)27(25-20)14-26-9-8-15-10-21(30-2)22(31-3)11-16(15)13-26/h4-7,10-12H,8-9,13-14H2,1-3H3. The SMILES string of the molecule is COc1ccc(-c2ccc(=O)n(CN3CCc4cc(OC)c(OC)cc4C3)n2)c(F)c1. The van der Waals surface area contributed by atoms with Crippen LogP contribution in [0.15, 0.2) is 47.3 Å². The second-order valence-corrected chi connectivity index (χ2v) is 7.32. The van der Waals surface area contributed by atoms with Gasteiger partial charge in [0.2, 0.25) is 0 Å². The average molecular weight is 425 g/mol. The van der Waals surface area contributed by atoms with Crippen LogP contribution in [0.5, 0.6) is 17.2 Å². The maximum Gasteiger partial charge on any atom is 0.268 e. The van der Waals surface area contributed by atoms with Crippen LogP contribution in [0.1, 0.15) is 11.1 Å². The van der Waals surface area contributed by atoms with Crippen molar-refractivity contribution < 1.29 is 18.6 Å². The van der Waals surface area contributed by atoms with E-state index in [9.17, 15) is 9.18 Å². The molecule has 8 heteroatoms. The molecule has 31 heavy (non-hydrogen) atoms. The summed E-state index contributed by atoms with van der Waals surface area (Å²) in [4.78, 5) is 14.5. The maximum absolute atomic E-state index is 14.5. The summed E-state index contributed by atoms with van der Waals surface area (Å²) in [6, 6.07) is 11.5. The number of benzene rings is 2. The lowest BCUT2D eigenvalue weighted by atomic mass is 9.99. The number of rotatable bonds is 6. The van der Waals surface area contributed by atoms with E-state index in [-0.39, 0.29) is 5.56 Å². The normalized spacial score (nSPS) is 13.5. The molecular weight excluding hydrogens is 401 g/mol.